The van der Waals surface area contributed by atoms with Gasteiger partial charge in [-0.05, 0) is 37.5 Å². The molecule has 2 fully saturated rings. The van der Waals surface area contributed by atoms with Gasteiger partial charge in [-0.2, -0.15) is 18.4 Å². The van der Waals surface area contributed by atoms with Crippen LogP contribution in [-0.2, 0) is 10.9 Å². The van der Waals surface area contributed by atoms with Crippen LogP contribution in [0.25, 0.3) is 0 Å². The van der Waals surface area contributed by atoms with Crippen molar-refractivity contribution in [3.63, 3.8) is 0 Å². The van der Waals surface area contributed by atoms with Crippen molar-refractivity contribution < 1.29 is 17.9 Å². The smallest absolute Gasteiger partial charge is 0.374 e. The van der Waals surface area contributed by atoms with Crippen molar-refractivity contribution in [2.24, 2.45) is 0 Å². The first-order valence-electron chi connectivity index (χ1n) is 7.00. The predicted molar refractivity (Wildman–Crippen MR) is 70.9 cm³/mol. The van der Waals surface area contributed by atoms with Crippen molar-refractivity contribution in [2.75, 3.05) is 18.1 Å². The molecule has 3 rings (SSSR count). The maximum atomic E-state index is 12.8. The number of hydrogen-bond acceptors (Lipinski definition) is 3. The van der Waals surface area contributed by atoms with E-state index < -0.39 is 11.7 Å². The fraction of sp³-hybridized carbons (Fsp3) is 0.533. The number of hydrogen-bond donors (Lipinski definition) is 0. The minimum Gasteiger partial charge on any atom is -0.374 e. The molecular weight excluding hydrogens is 281 g/mol. The number of benzene rings is 1. The van der Waals surface area contributed by atoms with E-state index in [1.807, 2.05) is 0 Å². The Morgan fingerprint density at radius 3 is 2.81 bits per heavy atom. The number of nitriles is 1. The SMILES string of the molecule is N#Cc1cc(N2CCOC3CCCC32)ccc1C(F)(F)F. The molecule has 6 heteroatoms. The van der Waals surface area contributed by atoms with E-state index in [9.17, 15) is 13.2 Å². The van der Waals surface area contributed by atoms with Crippen LogP contribution in [0.3, 0.4) is 0 Å². The first kappa shape index (κ1) is 14.2. The van der Waals surface area contributed by atoms with Crippen LogP contribution in [0, 0.1) is 11.3 Å². The van der Waals surface area contributed by atoms with Crippen molar-refractivity contribution in [3.8, 4) is 6.07 Å². The summed E-state index contributed by atoms with van der Waals surface area (Å²) in [7, 11) is 0. The standard InChI is InChI=1S/C15H15F3N2O/c16-15(17,18)12-5-4-11(8-10(12)9-19)20-6-7-21-14-3-1-2-13(14)20/h4-5,8,13-14H,1-3,6-7H2. The number of anilines is 1. The molecule has 0 N–H and O–H groups in total. The van der Waals surface area contributed by atoms with Gasteiger partial charge in [0.15, 0.2) is 0 Å². The molecule has 2 atom stereocenters. The molecule has 1 saturated heterocycles. The van der Waals surface area contributed by atoms with Crippen molar-refractivity contribution in [3.05, 3.63) is 29.3 Å². The normalized spacial score (nSPS) is 25.5. The lowest BCUT2D eigenvalue weighted by Gasteiger charge is -2.39. The van der Waals surface area contributed by atoms with Crippen LogP contribution >= 0.6 is 0 Å². The van der Waals surface area contributed by atoms with Gasteiger partial charge in [0, 0.05) is 12.2 Å². The zero-order chi connectivity index (χ0) is 15.0. The average molecular weight is 296 g/mol. The van der Waals surface area contributed by atoms with Gasteiger partial charge in [0.25, 0.3) is 0 Å². The summed E-state index contributed by atoms with van der Waals surface area (Å²) in [6, 6.07) is 5.69. The van der Waals surface area contributed by atoms with Gasteiger partial charge in [0.05, 0.1) is 35.9 Å². The van der Waals surface area contributed by atoms with Gasteiger partial charge in [-0.25, -0.2) is 0 Å². The number of morpholine rings is 1. The highest BCUT2D eigenvalue weighted by atomic mass is 19.4. The van der Waals surface area contributed by atoms with Gasteiger partial charge in [-0.15, -0.1) is 0 Å². The number of rotatable bonds is 1. The molecule has 1 saturated carbocycles. The third-order valence-corrected chi connectivity index (χ3v) is 4.24. The summed E-state index contributed by atoms with van der Waals surface area (Å²) < 4.78 is 44.2. The van der Waals surface area contributed by atoms with E-state index >= 15 is 0 Å². The largest absolute Gasteiger partial charge is 0.417 e. The highest BCUT2D eigenvalue weighted by molar-refractivity contribution is 5.56. The third-order valence-electron chi connectivity index (χ3n) is 4.24. The fourth-order valence-corrected chi connectivity index (χ4v) is 3.30. The van der Waals surface area contributed by atoms with E-state index in [-0.39, 0.29) is 17.7 Å². The van der Waals surface area contributed by atoms with Gasteiger partial charge in [-0.3, -0.25) is 0 Å². The van der Waals surface area contributed by atoms with Crippen molar-refractivity contribution in [1.82, 2.24) is 0 Å². The highest BCUT2D eigenvalue weighted by Crippen LogP contribution is 2.37. The second kappa shape index (κ2) is 5.23. The summed E-state index contributed by atoms with van der Waals surface area (Å²) in [5.41, 5.74) is -0.509. The van der Waals surface area contributed by atoms with E-state index in [0.717, 1.165) is 25.3 Å². The molecule has 0 amide bonds. The molecule has 0 radical (unpaired) electrons. The molecule has 0 bridgehead atoms. The van der Waals surface area contributed by atoms with Gasteiger partial charge >= 0.3 is 6.18 Å². The predicted octanol–water partition coefficient (Wildman–Crippen LogP) is 3.33. The van der Waals surface area contributed by atoms with E-state index in [0.29, 0.717) is 18.8 Å². The minimum absolute atomic E-state index is 0.159. The first-order chi connectivity index (χ1) is 10.0. The molecule has 1 aromatic carbocycles. The van der Waals surface area contributed by atoms with Gasteiger partial charge in [0.2, 0.25) is 0 Å². The third kappa shape index (κ3) is 2.58. The van der Waals surface area contributed by atoms with Crippen LogP contribution < -0.4 is 4.90 Å². The molecule has 3 nitrogen and oxygen atoms in total. The summed E-state index contributed by atoms with van der Waals surface area (Å²) in [5.74, 6) is 0. The molecule has 1 aliphatic heterocycles. The molecular formula is C15H15F3N2O. The molecule has 1 aromatic rings. The van der Waals surface area contributed by atoms with Gasteiger partial charge in [0.1, 0.15) is 0 Å². The van der Waals surface area contributed by atoms with Crippen LogP contribution in [0.5, 0.6) is 0 Å². The van der Waals surface area contributed by atoms with Crippen molar-refractivity contribution in [2.45, 2.75) is 37.6 Å². The van der Waals surface area contributed by atoms with Crippen LogP contribution in [-0.4, -0.2) is 25.3 Å². The maximum Gasteiger partial charge on any atom is 0.417 e. The Bertz CT molecular complexity index is 579. The van der Waals surface area contributed by atoms with E-state index in [2.05, 4.69) is 4.90 Å². The van der Waals surface area contributed by atoms with E-state index in [1.165, 1.54) is 12.1 Å². The Morgan fingerprint density at radius 1 is 1.29 bits per heavy atom. The molecule has 0 aromatic heterocycles. The Kier molecular flexibility index (Phi) is 3.54. The lowest BCUT2D eigenvalue weighted by Crippen LogP contribution is -2.48. The number of nitrogens with zero attached hydrogens (tertiary/aromatic N) is 2. The quantitative estimate of drug-likeness (QED) is 0.797. The Morgan fingerprint density at radius 2 is 2.10 bits per heavy atom. The molecule has 1 heterocycles. The molecule has 112 valence electrons. The second-order valence-corrected chi connectivity index (χ2v) is 5.44. The highest BCUT2D eigenvalue weighted by Gasteiger charge is 2.38. The Labute approximate surface area is 120 Å². The summed E-state index contributed by atoms with van der Waals surface area (Å²) >= 11 is 0. The summed E-state index contributed by atoms with van der Waals surface area (Å²) in [4.78, 5) is 2.09. The zero-order valence-corrected chi connectivity index (χ0v) is 11.4. The zero-order valence-electron chi connectivity index (χ0n) is 11.4. The maximum absolute atomic E-state index is 12.8. The summed E-state index contributed by atoms with van der Waals surface area (Å²) in [5, 5.41) is 9.00. The molecule has 2 aliphatic rings. The van der Waals surface area contributed by atoms with Crippen molar-refractivity contribution >= 4 is 5.69 Å². The lowest BCUT2D eigenvalue weighted by atomic mass is 10.0. The lowest BCUT2D eigenvalue weighted by molar-refractivity contribution is -0.137. The topological polar surface area (TPSA) is 36.3 Å². The molecule has 0 spiro atoms. The average Bonchev–Trinajstić information content (AvgIpc) is 2.93. The Hall–Kier alpha value is -1.74. The van der Waals surface area contributed by atoms with Crippen molar-refractivity contribution in [1.29, 1.82) is 5.26 Å². The van der Waals surface area contributed by atoms with Gasteiger partial charge in [-0.1, -0.05) is 0 Å². The monoisotopic (exact) mass is 296 g/mol. The van der Waals surface area contributed by atoms with Crippen LogP contribution in [0.4, 0.5) is 18.9 Å². The van der Waals surface area contributed by atoms with E-state index in [1.54, 1.807) is 6.07 Å². The number of fused-ring (bicyclic) bond motifs is 1. The molecule has 2 unspecified atom stereocenters. The second-order valence-electron chi connectivity index (χ2n) is 5.44. The summed E-state index contributed by atoms with van der Waals surface area (Å²) in [6.07, 6.45) is -1.30. The number of halogens is 3. The Balaban J connectivity index is 1.94. The van der Waals surface area contributed by atoms with Gasteiger partial charge < -0.3 is 9.64 Å². The van der Waals surface area contributed by atoms with Crippen LogP contribution in [0.15, 0.2) is 18.2 Å². The number of alkyl halides is 3. The molecule has 1 aliphatic carbocycles. The van der Waals surface area contributed by atoms with Crippen LogP contribution in [0.1, 0.15) is 30.4 Å². The van der Waals surface area contributed by atoms with E-state index in [4.69, 9.17) is 10.00 Å². The fourth-order valence-electron chi connectivity index (χ4n) is 3.30. The summed E-state index contributed by atoms with van der Waals surface area (Å²) in [6.45, 7) is 1.22. The number of ether oxygens (including phenoxy) is 1. The molecule has 21 heavy (non-hydrogen) atoms. The van der Waals surface area contributed by atoms with Crippen LogP contribution in [0.2, 0.25) is 0 Å². The minimum atomic E-state index is -4.50. The first-order valence-corrected chi connectivity index (χ1v) is 7.00.